The number of carbonyl (C=O) groups excluding carboxylic acids is 1. The van der Waals surface area contributed by atoms with Crippen molar-refractivity contribution in [2.75, 3.05) is 10.0 Å². The van der Waals surface area contributed by atoms with Gasteiger partial charge in [-0.15, -0.1) is 0 Å². The van der Waals surface area contributed by atoms with E-state index in [4.69, 9.17) is 0 Å². The molecule has 6 nitrogen and oxygen atoms in total. The molecule has 1 saturated carbocycles. The van der Waals surface area contributed by atoms with Gasteiger partial charge in [0, 0.05) is 29.6 Å². The van der Waals surface area contributed by atoms with E-state index in [9.17, 15) is 26.4 Å². The number of anilines is 2. The van der Waals surface area contributed by atoms with Crippen LogP contribution in [0.1, 0.15) is 23.2 Å². The monoisotopic (exact) mass is 371 g/mol. The zero-order valence-electron chi connectivity index (χ0n) is 12.6. The predicted octanol–water partition coefficient (Wildman–Crippen LogP) is 2.66. The van der Waals surface area contributed by atoms with Gasteiger partial charge in [-0.3, -0.25) is 9.52 Å². The molecule has 0 spiro atoms. The minimum Gasteiger partial charge on any atom is -0.322 e. The number of hydrogen-bond donors (Lipinski definition) is 2. The molecule has 2 N–H and O–H groups in total. The van der Waals surface area contributed by atoms with Crippen molar-refractivity contribution < 1.29 is 26.4 Å². The second kappa shape index (κ2) is 6.36. The maximum atomic E-state index is 13.2. The molecule has 3 rings (SSSR count). The fraction of sp³-hybridized carbons (Fsp3) is 0.200. The van der Waals surface area contributed by atoms with Crippen molar-refractivity contribution >= 4 is 27.4 Å². The van der Waals surface area contributed by atoms with Crippen LogP contribution >= 0.6 is 0 Å². The Balaban J connectivity index is 1.77. The van der Waals surface area contributed by atoms with Crippen LogP contribution in [0.2, 0.25) is 0 Å². The molecule has 1 fully saturated rings. The van der Waals surface area contributed by atoms with Gasteiger partial charge in [0.25, 0.3) is 5.91 Å². The Labute approximate surface area is 141 Å². The molecule has 0 aliphatic heterocycles. The summed E-state index contributed by atoms with van der Waals surface area (Å²) >= 11 is 0. The van der Waals surface area contributed by atoms with Gasteiger partial charge in [0.15, 0.2) is 17.5 Å². The highest BCUT2D eigenvalue weighted by Crippen LogP contribution is 2.29. The number of carbonyl (C=O) groups is 1. The standard InChI is InChI=1S/C15H12F3N3O3S/c16-11-6-9(7-12(17)14(11)18)20-15(22)8-3-4-19-13(5-8)21-25(23,24)10-1-2-10/h3-7,10H,1-2H2,(H,19,21)(H,20,22). The van der Waals surface area contributed by atoms with Gasteiger partial charge < -0.3 is 5.32 Å². The fourth-order valence-corrected chi connectivity index (χ4v) is 3.39. The Morgan fingerprint density at radius 3 is 2.36 bits per heavy atom. The van der Waals surface area contributed by atoms with Crippen LogP contribution in [0.4, 0.5) is 24.7 Å². The number of nitrogens with zero attached hydrogens (tertiary/aromatic N) is 1. The van der Waals surface area contributed by atoms with Gasteiger partial charge in [-0.05, 0) is 25.0 Å². The smallest absolute Gasteiger partial charge is 0.255 e. The molecule has 25 heavy (non-hydrogen) atoms. The van der Waals surface area contributed by atoms with Crippen molar-refractivity contribution in [1.29, 1.82) is 0 Å². The highest BCUT2D eigenvalue weighted by atomic mass is 32.2. The van der Waals surface area contributed by atoms with E-state index in [1.54, 1.807) is 0 Å². The summed E-state index contributed by atoms with van der Waals surface area (Å²) in [5.41, 5.74) is -0.271. The van der Waals surface area contributed by atoms with Crippen molar-refractivity contribution in [3.63, 3.8) is 0 Å². The SMILES string of the molecule is O=C(Nc1cc(F)c(F)c(F)c1)c1ccnc(NS(=O)(=O)C2CC2)c1. The number of benzene rings is 1. The largest absolute Gasteiger partial charge is 0.322 e. The van der Waals surface area contributed by atoms with E-state index in [1.807, 2.05) is 0 Å². The molecule has 0 atom stereocenters. The lowest BCUT2D eigenvalue weighted by molar-refractivity contribution is 0.102. The average Bonchev–Trinajstić information content (AvgIpc) is 3.37. The van der Waals surface area contributed by atoms with Gasteiger partial charge in [-0.1, -0.05) is 0 Å². The van der Waals surface area contributed by atoms with Crippen LogP contribution in [-0.4, -0.2) is 24.6 Å². The summed E-state index contributed by atoms with van der Waals surface area (Å²) < 4.78 is 65.3. The lowest BCUT2D eigenvalue weighted by Crippen LogP contribution is -2.19. The Morgan fingerprint density at radius 1 is 1.12 bits per heavy atom. The molecule has 132 valence electrons. The summed E-state index contributed by atoms with van der Waals surface area (Å²) in [5, 5.41) is 1.74. The summed E-state index contributed by atoms with van der Waals surface area (Å²) in [6.45, 7) is 0. The van der Waals surface area contributed by atoms with Crippen molar-refractivity contribution in [2.24, 2.45) is 0 Å². The topological polar surface area (TPSA) is 88.2 Å². The fourth-order valence-electron chi connectivity index (χ4n) is 2.07. The Morgan fingerprint density at radius 2 is 1.76 bits per heavy atom. The minimum absolute atomic E-state index is 0.00800. The number of sulfonamides is 1. The molecule has 0 radical (unpaired) electrons. The molecule has 0 saturated heterocycles. The first-order valence-corrected chi connectivity index (χ1v) is 8.74. The minimum atomic E-state index is -3.54. The number of pyridine rings is 1. The van der Waals surface area contributed by atoms with E-state index in [0.29, 0.717) is 25.0 Å². The Bertz CT molecular complexity index is 923. The summed E-state index contributed by atoms with van der Waals surface area (Å²) in [5.74, 6) is -5.33. The Hall–Kier alpha value is -2.62. The second-order valence-corrected chi connectivity index (χ2v) is 7.44. The molecule has 2 aromatic rings. The summed E-state index contributed by atoms with van der Waals surface area (Å²) in [7, 11) is -3.54. The number of nitrogens with one attached hydrogen (secondary N) is 2. The van der Waals surface area contributed by atoms with E-state index in [0.717, 1.165) is 0 Å². The van der Waals surface area contributed by atoms with Crippen molar-refractivity contribution in [3.05, 3.63) is 53.5 Å². The highest BCUT2D eigenvalue weighted by Gasteiger charge is 2.36. The van der Waals surface area contributed by atoms with E-state index in [1.165, 1.54) is 18.3 Å². The molecule has 1 amide bonds. The highest BCUT2D eigenvalue weighted by molar-refractivity contribution is 7.93. The molecule has 1 aliphatic carbocycles. The lowest BCUT2D eigenvalue weighted by Gasteiger charge is -2.09. The number of hydrogen-bond acceptors (Lipinski definition) is 4. The molecule has 0 unspecified atom stereocenters. The van der Waals surface area contributed by atoms with Crippen molar-refractivity contribution in [1.82, 2.24) is 4.98 Å². The first-order chi connectivity index (χ1) is 11.8. The van der Waals surface area contributed by atoms with Crippen LogP contribution < -0.4 is 10.0 Å². The van der Waals surface area contributed by atoms with Gasteiger partial charge in [-0.25, -0.2) is 26.6 Å². The van der Waals surface area contributed by atoms with Gasteiger partial charge in [0.1, 0.15) is 5.82 Å². The summed E-state index contributed by atoms with van der Waals surface area (Å²) in [4.78, 5) is 16.0. The first kappa shape index (κ1) is 17.2. The first-order valence-electron chi connectivity index (χ1n) is 7.20. The third-order valence-electron chi connectivity index (χ3n) is 3.47. The summed E-state index contributed by atoms with van der Waals surface area (Å²) in [6, 6.07) is 3.74. The van der Waals surface area contributed by atoms with Crippen LogP contribution in [0.5, 0.6) is 0 Å². The molecular formula is C15H12F3N3O3S. The summed E-state index contributed by atoms with van der Waals surface area (Å²) in [6.07, 6.45) is 2.35. The van der Waals surface area contributed by atoms with Crippen LogP contribution in [0.25, 0.3) is 0 Å². The van der Waals surface area contributed by atoms with Crippen LogP contribution in [0, 0.1) is 17.5 Å². The molecule has 0 bridgehead atoms. The predicted molar refractivity (Wildman–Crippen MR) is 84.1 cm³/mol. The molecule has 10 heteroatoms. The van der Waals surface area contributed by atoms with Gasteiger partial charge in [0.2, 0.25) is 10.0 Å². The van der Waals surface area contributed by atoms with Crippen LogP contribution in [0.15, 0.2) is 30.5 Å². The third kappa shape index (κ3) is 3.90. The second-order valence-electron chi connectivity index (χ2n) is 5.48. The number of aromatic nitrogens is 1. The average molecular weight is 371 g/mol. The van der Waals surface area contributed by atoms with E-state index >= 15 is 0 Å². The number of rotatable bonds is 5. The molecule has 1 aromatic carbocycles. The number of amides is 1. The Kier molecular flexibility index (Phi) is 4.38. The maximum Gasteiger partial charge on any atom is 0.255 e. The van der Waals surface area contributed by atoms with Gasteiger partial charge in [-0.2, -0.15) is 0 Å². The zero-order chi connectivity index (χ0) is 18.2. The third-order valence-corrected chi connectivity index (χ3v) is 5.32. The lowest BCUT2D eigenvalue weighted by atomic mass is 10.2. The van der Waals surface area contributed by atoms with Crippen LogP contribution in [-0.2, 0) is 10.0 Å². The molecule has 1 heterocycles. The van der Waals surface area contributed by atoms with Crippen molar-refractivity contribution in [3.8, 4) is 0 Å². The van der Waals surface area contributed by atoms with Crippen molar-refractivity contribution in [2.45, 2.75) is 18.1 Å². The zero-order valence-corrected chi connectivity index (χ0v) is 13.4. The van der Waals surface area contributed by atoms with Gasteiger partial charge >= 0.3 is 0 Å². The van der Waals surface area contributed by atoms with E-state index < -0.39 is 38.6 Å². The normalized spacial score (nSPS) is 14.2. The maximum absolute atomic E-state index is 13.2. The van der Waals surface area contributed by atoms with Crippen LogP contribution in [0.3, 0.4) is 0 Å². The molecule has 1 aromatic heterocycles. The molecular weight excluding hydrogens is 359 g/mol. The van der Waals surface area contributed by atoms with E-state index in [-0.39, 0.29) is 17.1 Å². The quantitative estimate of drug-likeness (QED) is 0.791. The van der Waals surface area contributed by atoms with Gasteiger partial charge in [0.05, 0.1) is 5.25 Å². The molecule has 1 aliphatic rings. The van der Waals surface area contributed by atoms with E-state index in [2.05, 4.69) is 15.0 Å². The number of halogens is 3.